The molecule has 2 atom stereocenters. The van der Waals surface area contributed by atoms with Crippen LogP contribution in [0.2, 0.25) is 0 Å². The molecule has 4 N–H and O–H groups in total. The van der Waals surface area contributed by atoms with Crippen LogP contribution in [0.3, 0.4) is 0 Å². The number of hydrogen-bond donors (Lipinski definition) is 4. The third-order valence-electron chi connectivity index (χ3n) is 8.83. The monoisotopic (exact) mass is 688 g/mol. The van der Waals surface area contributed by atoms with Gasteiger partial charge < -0.3 is 25.6 Å². The van der Waals surface area contributed by atoms with Gasteiger partial charge in [-0.3, -0.25) is 14.6 Å². The zero-order valence-corrected chi connectivity index (χ0v) is 28.6. The van der Waals surface area contributed by atoms with E-state index in [2.05, 4.69) is 30.9 Å². The lowest BCUT2D eigenvalue weighted by Gasteiger charge is -2.27. The predicted octanol–water partition coefficient (Wildman–Crippen LogP) is 6.75. The van der Waals surface area contributed by atoms with Gasteiger partial charge in [-0.2, -0.15) is 0 Å². The van der Waals surface area contributed by atoms with Gasteiger partial charge >= 0.3 is 0 Å². The number of aromatic nitrogens is 5. The predicted molar refractivity (Wildman–Crippen MR) is 202 cm³/mol. The summed E-state index contributed by atoms with van der Waals surface area (Å²) < 4.78 is 1.91. The van der Waals surface area contributed by atoms with E-state index in [4.69, 9.17) is 4.98 Å². The van der Waals surface area contributed by atoms with Gasteiger partial charge in [0.1, 0.15) is 5.82 Å². The molecule has 4 aromatic carbocycles. The smallest absolute Gasteiger partial charge is 0.255 e. The van der Waals surface area contributed by atoms with E-state index in [1.807, 2.05) is 102 Å². The molecular formula is C41H36N8O3. The number of pyridine rings is 1. The Morgan fingerprint density at radius 2 is 1.60 bits per heavy atom. The highest BCUT2D eigenvalue weighted by atomic mass is 16.3. The van der Waals surface area contributed by atoms with Crippen LogP contribution in [0.5, 0.6) is 0 Å². The van der Waals surface area contributed by atoms with Crippen LogP contribution in [0.1, 0.15) is 27.5 Å². The third kappa shape index (κ3) is 7.25. The van der Waals surface area contributed by atoms with Gasteiger partial charge in [0.25, 0.3) is 11.8 Å². The molecule has 7 aromatic rings. The summed E-state index contributed by atoms with van der Waals surface area (Å²) in [5.41, 5.74) is 7.07. The summed E-state index contributed by atoms with van der Waals surface area (Å²) in [5.74, 6) is 0.120. The van der Waals surface area contributed by atoms with Crippen LogP contribution in [0, 0.1) is 6.92 Å². The fraction of sp³-hybridized carbons (Fsp3) is 0.122. The Hall–Kier alpha value is -6.72. The number of amides is 2. The molecule has 2 amide bonds. The second-order valence-electron chi connectivity index (χ2n) is 12.3. The number of aliphatic hydroxyl groups is 1. The number of aliphatic hydroxyl groups excluding tert-OH is 1. The molecule has 0 spiro atoms. The maximum absolute atomic E-state index is 14.1. The molecule has 0 aliphatic heterocycles. The Labute approximate surface area is 300 Å². The van der Waals surface area contributed by atoms with Crippen molar-refractivity contribution in [1.29, 1.82) is 0 Å². The third-order valence-corrected chi connectivity index (χ3v) is 8.83. The van der Waals surface area contributed by atoms with E-state index in [0.717, 1.165) is 22.3 Å². The molecule has 3 aromatic heterocycles. The van der Waals surface area contributed by atoms with Crippen molar-refractivity contribution in [1.82, 2.24) is 29.8 Å². The number of rotatable bonds is 11. The molecule has 258 valence electrons. The largest absolute Gasteiger partial charge is 0.381 e. The molecular weight excluding hydrogens is 653 g/mol. The first-order valence-corrected chi connectivity index (χ1v) is 16.8. The number of imidazole rings is 1. The van der Waals surface area contributed by atoms with Gasteiger partial charge in [0.2, 0.25) is 5.95 Å². The lowest BCUT2D eigenvalue weighted by Crippen LogP contribution is -2.37. The maximum Gasteiger partial charge on any atom is 0.255 e. The lowest BCUT2D eigenvalue weighted by atomic mass is 9.99. The standard InChI is InChI=1S/C41H36N8O3/c1-26-15-17-31(24-33(26)48-41-44-21-19-32(47-41)30-14-9-20-43-25-30)45-40(52)37(50)36(22-27-10-5-3-6-11-27)49-35-18-16-29(39(51)42-2)23-34(35)46-38(49)28-12-7-4-8-13-28/h3-21,23-25,36-37,50H,22H2,1-2H3,(H,42,51)(H,45,52)(H,44,47,48). The second kappa shape index (κ2) is 15.0. The average molecular weight is 689 g/mol. The minimum atomic E-state index is -1.50. The van der Waals surface area contributed by atoms with Crippen molar-refractivity contribution in [2.24, 2.45) is 0 Å². The molecule has 0 saturated heterocycles. The van der Waals surface area contributed by atoms with E-state index in [0.29, 0.717) is 51.9 Å². The normalized spacial score (nSPS) is 12.2. The Bertz CT molecular complexity index is 2350. The average Bonchev–Trinajstić information content (AvgIpc) is 3.57. The van der Waals surface area contributed by atoms with Gasteiger partial charge in [0.05, 0.1) is 22.8 Å². The van der Waals surface area contributed by atoms with Crippen LogP contribution in [-0.4, -0.2) is 54.6 Å². The van der Waals surface area contributed by atoms with E-state index in [-0.39, 0.29) is 5.91 Å². The number of hydrogen-bond acceptors (Lipinski definition) is 8. The van der Waals surface area contributed by atoms with Crippen molar-refractivity contribution in [3.63, 3.8) is 0 Å². The first kappa shape index (κ1) is 33.8. The zero-order chi connectivity index (χ0) is 36.0. The summed E-state index contributed by atoms with van der Waals surface area (Å²) in [4.78, 5) is 44.8. The van der Waals surface area contributed by atoms with E-state index < -0.39 is 18.1 Å². The van der Waals surface area contributed by atoms with Gasteiger partial charge in [0.15, 0.2) is 6.10 Å². The summed E-state index contributed by atoms with van der Waals surface area (Å²) in [7, 11) is 1.58. The van der Waals surface area contributed by atoms with Gasteiger partial charge in [-0.05, 0) is 73.0 Å². The molecule has 7 rings (SSSR count). The maximum atomic E-state index is 14.1. The van der Waals surface area contributed by atoms with E-state index in [9.17, 15) is 14.7 Å². The Morgan fingerprint density at radius 1 is 0.827 bits per heavy atom. The van der Waals surface area contributed by atoms with Crippen molar-refractivity contribution in [3.8, 4) is 22.6 Å². The molecule has 11 heteroatoms. The fourth-order valence-electron chi connectivity index (χ4n) is 6.15. The van der Waals surface area contributed by atoms with Gasteiger partial charge in [0, 0.05) is 53.7 Å². The quantitative estimate of drug-likeness (QED) is 0.117. The minimum absolute atomic E-state index is 0.238. The van der Waals surface area contributed by atoms with Gasteiger partial charge in [-0.15, -0.1) is 0 Å². The highest BCUT2D eigenvalue weighted by molar-refractivity contribution is 5.98. The van der Waals surface area contributed by atoms with Crippen molar-refractivity contribution in [3.05, 3.63) is 151 Å². The summed E-state index contributed by atoms with van der Waals surface area (Å²) in [5, 5.41) is 20.9. The van der Waals surface area contributed by atoms with Gasteiger partial charge in [-0.1, -0.05) is 66.7 Å². The molecule has 52 heavy (non-hydrogen) atoms. The van der Waals surface area contributed by atoms with Crippen LogP contribution in [0.15, 0.2) is 134 Å². The van der Waals surface area contributed by atoms with Crippen LogP contribution in [0.4, 0.5) is 17.3 Å². The van der Waals surface area contributed by atoms with Crippen molar-refractivity contribution in [2.45, 2.75) is 25.5 Å². The van der Waals surface area contributed by atoms with Crippen molar-refractivity contribution in [2.75, 3.05) is 17.7 Å². The van der Waals surface area contributed by atoms with Crippen LogP contribution in [0.25, 0.3) is 33.7 Å². The SMILES string of the molecule is CNC(=O)c1ccc2c(c1)nc(-c1ccccc1)n2C(Cc1ccccc1)C(O)C(=O)Nc1ccc(C)c(Nc2nccc(-c3cccnc3)n2)c1. The number of fused-ring (bicyclic) bond motifs is 1. The molecule has 3 heterocycles. The van der Waals surface area contributed by atoms with Crippen LogP contribution >= 0.6 is 0 Å². The Balaban J connectivity index is 1.23. The lowest BCUT2D eigenvalue weighted by molar-refractivity contribution is -0.126. The van der Waals surface area contributed by atoms with Crippen molar-refractivity contribution >= 4 is 40.2 Å². The number of benzene rings is 4. The highest BCUT2D eigenvalue weighted by Crippen LogP contribution is 2.33. The highest BCUT2D eigenvalue weighted by Gasteiger charge is 2.32. The van der Waals surface area contributed by atoms with Gasteiger partial charge in [-0.25, -0.2) is 15.0 Å². The molecule has 0 radical (unpaired) electrons. The van der Waals surface area contributed by atoms with Crippen LogP contribution < -0.4 is 16.0 Å². The summed E-state index contributed by atoms with van der Waals surface area (Å²) in [6.45, 7) is 1.94. The number of carbonyl (C=O) groups excluding carboxylic acids is 2. The second-order valence-corrected chi connectivity index (χ2v) is 12.3. The summed E-state index contributed by atoms with van der Waals surface area (Å²) in [6.07, 6.45) is 3.93. The Morgan fingerprint density at radius 3 is 2.35 bits per heavy atom. The van der Waals surface area contributed by atoms with Crippen LogP contribution in [-0.2, 0) is 11.2 Å². The fourth-order valence-corrected chi connectivity index (χ4v) is 6.15. The number of aryl methyl sites for hydroxylation is 1. The first-order chi connectivity index (χ1) is 25.4. The zero-order valence-electron chi connectivity index (χ0n) is 28.6. The minimum Gasteiger partial charge on any atom is -0.381 e. The number of nitrogens with zero attached hydrogens (tertiary/aromatic N) is 5. The Kier molecular flexibility index (Phi) is 9.76. The molecule has 11 nitrogen and oxygen atoms in total. The van der Waals surface area contributed by atoms with Crippen molar-refractivity contribution < 1.29 is 14.7 Å². The molecule has 2 unspecified atom stereocenters. The molecule has 0 bridgehead atoms. The first-order valence-electron chi connectivity index (χ1n) is 16.8. The molecule has 0 fully saturated rings. The van der Waals surface area contributed by atoms with E-state index in [1.165, 1.54) is 0 Å². The number of anilines is 3. The summed E-state index contributed by atoms with van der Waals surface area (Å²) in [6, 6.07) is 34.8. The summed E-state index contributed by atoms with van der Waals surface area (Å²) >= 11 is 0. The van der Waals surface area contributed by atoms with E-state index in [1.54, 1.807) is 49.9 Å². The number of nitrogens with one attached hydrogen (secondary N) is 3. The molecule has 0 saturated carbocycles. The van der Waals surface area contributed by atoms with E-state index >= 15 is 0 Å². The molecule has 0 aliphatic carbocycles. The number of carbonyl (C=O) groups is 2. The molecule has 0 aliphatic rings. The topological polar surface area (TPSA) is 147 Å².